The van der Waals surface area contributed by atoms with E-state index in [9.17, 15) is 0 Å². The first-order valence-corrected chi connectivity index (χ1v) is 8.65. The van der Waals surface area contributed by atoms with Crippen LogP contribution in [0.3, 0.4) is 0 Å². The van der Waals surface area contributed by atoms with Gasteiger partial charge in [-0.05, 0) is 25.2 Å². The molecule has 2 rings (SSSR count). The van der Waals surface area contributed by atoms with Gasteiger partial charge in [0.2, 0.25) is 5.88 Å². The summed E-state index contributed by atoms with van der Waals surface area (Å²) in [5.74, 6) is 2.60. The number of hydrogen-bond donors (Lipinski definition) is 2. The fraction of sp³-hybridized carbons (Fsp3) is 0.765. The van der Waals surface area contributed by atoms with Crippen LogP contribution in [0.5, 0.6) is 5.88 Å². The minimum Gasteiger partial charge on any atom is -0.476 e. The summed E-state index contributed by atoms with van der Waals surface area (Å²) < 4.78 is 5.72. The van der Waals surface area contributed by atoms with Gasteiger partial charge in [0.15, 0.2) is 5.82 Å². The Bertz CT molecular complexity index is 470. The third kappa shape index (κ3) is 4.75. The maximum Gasteiger partial charge on any atom is 0.242 e. The maximum atomic E-state index is 6.23. The van der Waals surface area contributed by atoms with Crippen molar-refractivity contribution in [3.8, 4) is 5.88 Å². The molecule has 5 heteroatoms. The van der Waals surface area contributed by atoms with Crippen LogP contribution in [0.2, 0.25) is 0 Å². The molecule has 0 saturated heterocycles. The van der Waals surface area contributed by atoms with Crippen LogP contribution in [-0.4, -0.2) is 22.6 Å². The first kappa shape index (κ1) is 16.8. The van der Waals surface area contributed by atoms with Crippen molar-refractivity contribution >= 4 is 11.5 Å². The Labute approximate surface area is 134 Å². The van der Waals surface area contributed by atoms with E-state index in [-0.39, 0.29) is 0 Å². The van der Waals surface area contributed by atoms with Gasteiger partial charge in [0.05, 0.1) is 6.61 Å². The average Bonchev–Trinajstić information content (AvgIpc) is 2.49. The van der Waals surface area contributed by atoms with E-state index in [1.807, 2.05) is 0 Å². The lowest BCUT2D eigenvalue weighted by atomic mass is 9.95. The van der Waals surface area contributed by atoms with Crippen molar-refractivity contribution in [2.45, 2.75) is 71.8 Å². The van der Waals surface area contributed by atoms with Crippen molar-refractivity contribution in [2.75, 3.05) is 17.7 Å². The van der Waals surface area contributed by atoms with Crippen LogP contribution in [0.25, 0.3) is 0 Å². The number of aromatic nitrogens is 2. The largest absolute Gasteiger partial charge is 0.476 e. The molecule has 1 aromatic heterocycles. The molecule has 0 aromatic carbocycles. The molecular formula is C17H30N4O. The third-order valence-electron chi connectivity index (χ3n) is 3.94. The van der Waals surface area contributed by atoms with Crippen LogP contribution < -0.4 is 15.8 Å². The monoisotopic (exact) mass is 306 g/mol. The molecule has 0 unspecified atom stereocenters. The van der Waals surface area contributed by atoms with Crippen LogP contribution in [-0.2, 0) is 6.42 Å². The molecule has 124 valence electrons. The molecule has 0 spiro atoms. The van der Waals surface area contributed by atoms with Gasteiger partial charge in [0.1, 0.15) is 11.5 Å². The minimum absolute atomic E-state index is 0.469. The van der Waals surface area contributed by atoms with E-state index in [1.165, 1.54) is 32.1 Å². The topological polar surface area (TPSA) is 73.1 Å². The van der Waals surface area contributed by atoms with Gasteiger partial charge in [0, 0.05) is 12.5 Å². The quantitative estimate of drug-likeness (QED) is 0.801. The minimum atomic E-state index is 0.469. The highest BCUT2D eigenvalue weighted by Gasteiger charge is 2.19. The first-order valence-electron chi connectivity index (χ1n) is 8.65. The SMILES string of the molecule is CCCOc1nc(CC(C)C)nc(NC2CCCCC2)c1N. The Balaban J connectivity index is 2.20. The molecule has 1 aromatic rings. The van der Waals surface area contributed by atoms with Crippen LogP contribution in [0.4, 0.5) is 11.5 Å². The Hall–Kier alpha value is -1.52. The van der Waals surface area contributed by atoms with Crippen LogP contribution >= 0.6 is 0 Å². The Kier molecular flexibility index (Phi) is 6.28. The van der Waals surface area contributed by atoms with Gasteiger partial charge in [-0.1, -0.05) is 40.0 Å². The van der Waals surface area contributed by atoms with E-state index in [0.29, 0.717) is 30.1 Å². The number of nitrogens with zero attached hydrogens (tertiary/aromatic N) is 2. The van der Waals surface area contributed by atoms with Crippen molar-refractivity contribution in [1.29, 1.82) is 0 Å². The highest BCUT2D eigenvalue weighted by molar-refractivity contribution is 5.67. The number of hydrogen-bond acceptors (Lipinski definition) is 5. The number of rotatable bonds is 7. The van der Waals surface area contributed by atoms with Gasteiger partial charge >= 0.3 is 0 Å². The first-order chi connectivity index (χ1) is 10.6. The molecule has 1 aliphatic rings. The van der Waals surface area contributed by atoms with Gasteiger partial charge in [-0.15, -0.1) is 0 Å². The number of nitrogens with one attached hydrogen (secondary N) is 1. The fourth-order valence-corrected chi connectivity index (χ4v) is 2.81. The predicted octanol–water partition coefficient (Wildman–Crippen LogP) is 3.79. The molecule has 0 aliphatic heterocycles. The lowest BCUT2D eigenvalue weighted by Crippen LogP contribution is -2.24. The van der Waals surface area contributed by atoms with Gasteiger partial charge in [0.25, 0.3) is 0 Å². The maximum absolute atomic E-state index is 6.23. The molecule has 1 aliphatic carbocycles. The van der Waals surface area contributed by atoms with Crippen molar-refractivity contribution in [3.63, 3.8) is 0 Å². The lowest BCUT2D eigenvalue weighted by molar-refractivity contribution is 0.305. The normalized spacial score (nSPS) is 16.0. The Morgan fingerprint density at radius 3 is 2.59 bits per heavy atom. The summed E-state index contributed by atoms with van der Waals surface area (Å²) in [6.07, 6.45) is 8.04. The molecule has 0 radical (unpaired) electrons. The van der Waals surface area contributed by atoms with E-state index in [1.54, 1.807) is 0 Å². The summed E-state index contributed by atoms with van der Waals surface area (Å²) in [5, 5.41) is 3.52. The van der Waals surface area contributed by atoms with E-state index in [2.05, 4.69) is 36.1 Å². The highest BCUT2D eigenvalue weighted by atomic mass is 16.5. The molecule has 22 heavy (non-hydrogen) atoms. The molecule has 0 amide bonds. The number of ether oxygens (including phenoxy) is 1. The molecule has 1 saturated carbocycles. The standard InChI is InChI=1S/C17H30N4O/c1-4-10-22-17-15(18)16(19-13-8-6-5-7-9-13)20-14(21-17)11-12(2)3/h12-13H,4-11,18H2,1-3H3,(H,19,20,21). The van der Waals surface area contributed by atoms with Crippen molar-refractivity contribution < 1.29 is 4.74 Å². The summed E-state index contributed by atoms with van der Waals surface area (Å²) in [5.41, 5.74) is 6.78. The fourth-order valence-electron chi connectivity index (χ4n) is 2.81. The second-order valence-electron chi connectivity index (χ2n) is 6.63. The van der Waals surface area contributed by atoms with Crippen LogP contribution in [0, 0.1) is 5.92 Å². The zero-order chi connectivity index (χ0) is 15.9. The van der Waals surface area contributed by atoms with Gasteiger partial charge in [-0.25, -0.2) is 4.98 Å². The molecule has 5 nitrogen and oxygen atoms in total. The summed E-state index contributed by atoms with van der Waals surface area (Å²) in [7, 11) is 0. The number of anilines is 2. The molecule has 3 N–H and O–H groups in total. The molecule has 1 fully saturated rings. The van der Waals surface area contributed by atoms with Crippen molar-refractivity contribution in [1.82, 2.24) is 9.97 Å². The van der Waals surface area contributed by atoms with E-state index >= 15 is 0 Å². The smallest absolute Gasteiger partial charge is 0.242 e. The molecule has 1 heterocycles. The molecule has 0 atom stereocenters. The highest BCUT2D eigenvalue weighted by Crippen LogP contribution is 2.29. The lowest BCUT2D eigenvalue weighted by Gasteiger charge is -2.24. The van der Waals surface area contributed by atoms with E-state index in [4.69, 9.17) is 10.5 Å². The molecular weight excluding hydrogens is 276 g/mol. The van der Waals surface area contributed by atoms with Gasteiger partial charge in [-0.2, -0.15) is 4.98 Å². The average molecular weight is 306 g/mol. The van der Waals surface area contributed by atoms with Gasteiger partial charge < -0.3 is 15.8 Å². The van der Waals surface area contributed by atoms with Crippen molar-refractivity contribution in [3.05, 3.63) is 5.82 Å². The predicted molar refractivity (Wildman–Crippen MR) is 91.3 cm³/mol. The van der Waals surface area contributed by atoms with Crippen LogP contribution in [0.1, 0.15) is 65.1 Å². The zero-order valence-electron chi connectivity index (χ0n) is 14.2. The van der Waals surface area contributed by atoms with Gasteiger partial charge in [-0.3, -0.25) is 0 Å². The van der Waals surface area contributed by atoms with Crippen molar-refractivity contribution in [2.24, 2.45) is 5.92 Å². The zero-order valence-corrected chi connectivity index (χ0v) is 14.2. The molecule has 0 bridgehead atoms. The second kappa shape index (κ2) is 8.20. The Morgan fingerprint density at radius 2 is 1.95 bits per heavy atom. The summed E-state index contributed by atoms with van der Waals surface area (Å²) in [6.45, 7) is 7.04. The van der Waals surface area contributed by atoms with E-state index in [0.717, 1.165) is 24.5 Å². The summed E-state index contributed by atoms with van der Waals surface area (Å²) >= 11 is 0. The second-order valence-corrected chi connectivity index (χ2v) is 6.63. The summed E-state index contributed by atoms with van der Waals surface area (Å²) in [4.78, 5) is 9.15. The third-order valence-corrected chi connectivity index (χ3v) is 3.94. The number of nitrogens with two attached hydrogens (primary N) is 1. The summed E-state index contributed by atoms with van der Waals surface area (Å²) in [6, 6.07) is 0.469. The number of nitrogen functional groups attached to an aromatic ring is 1. The van der Waals surface area contributed by atoms with E-state index < -0.39 is 0 Å². The Morgan fingerprint density at radius 1 is 1.23 bits per heavy atom. The van der Waals surface area contributed by atoms with Crippen LogP contribution in [0.15, 0.2) is 0 Å².